The lowest BCUT2D eigenvalue weighted by Crippen LogP contribution is -2.41. The van der Waals surface area contributed by atoms with Crippen molar-refractivity contribution >= 4 is 18.3 Å². The van der Waals surface area contributed by atoms with Crippen LogP contribution in [0.4, 0.5) is 0 Å². The fourth-order valence-electron chi connectivity index (χ4n) is 2.62. The zero-order chi connectivity index (χ0) is 14.9. The van der Waals surface area contributed by atoms with Crippen molar-refractivity contribution in [2.75, 3.05) is 13.6 Å². The third-order valence-corrected chi connectivity index (χ3v) is 3.79. The van der Waals surface area contributed by atoms with Gasteiger partial charge in [0.1, 0.15) is 6.04 Å². The maximum absolute atomic E-state index is 12.3. The molecule has 0 radical (unpaired) electrons. The van der Waals surface area contributed by atoms with Crippen LogP contribution in [0.15, 0.2) is 12.2 Å². The Labute approximate surface area is 132 Å². The fraction of sp³-hybridized carbons (Fsp3) is 0.600. The molecular formula is C15H25ClN4O. The van der Waals surface area contributed by atoms with Gasteiger partial charge in [0.2, 0.25) is 5.91 Å². The van der Waals surface area contributed by atoms with Crippen LogP contribution >= 0.6 is 12.4 Å². The van der Waals surface area contributed by atoms with Gasteiger partial charge in [-0.05, 0) is 27.7 Å². The smallest absolute Gasteiger partial charge is 0.243 e. The molecule has 0 bridgehead atoms. The van der Waals surface area contributed by atoms with E-state index in [0.29, 0.717) is 12.6 Å². The van der Waals surface area contributed by atoms with Gasteiger partial charge in [-0.25, -0.2) is 0 Å². The summed E-state index contributed by atoms with van der Waals surface area (Å²) in [6, 6.07) is 0.156. The predicted molar refractivity (Wildman–Crippen MR) is 86.7 cm³/mol. The van der Waals surface area contributed by atoms with Crippen LogP contribution in [0.5, 0.6) is 0 Å². The highest BCUT2D eigenvalue weighted by Gasteiger charge is 2.23. The number of carbonyl (C=O) groups is 1. The molecule has 1 amide bonds. The number of hydrogen-bond acceptors (Lipinski definition) is 3. The minimum atomic E-state index is -0.180. The number of aryl methyl sites for hydroxylation is 1. The SMILES string of the molecule is Cc1nn(C(C)C)c(C)c1CN(C)C(=O)C1C=CCN1.Cl. The minimum absolute atomic E-state index is 0. The van der Waals surface area contributed by atoms with E-state index in [-0.39, 0.29) is 24.4 Å². The lowest BCUT2D eigenvalue weighted by molar-refractivity contribution is -0.131. The van der Waals surface area contributed by atoms with E-state index in [4.69, 9.17) is 0 Å². The number of halogens is 1. The topological polar surface area (TPSA) is 50.2 Å². The van der Waals surface area contributed by atoms with Gasteiger partial charge >= 0.3 is 0 Å². The number of nitrogens with zero attached hydrogens (tertiary/aromatic N) is 3. The van der Waals surface area contributed by atoms with Crippen LogP contribution in [-0.4, -0.2) is 40.2 Å². The Hall–Kier alpha value is -1.33. The van der Waals surface area contributed by atoms with E-state index >= 15 is 0 Å². The van der Waals surface area contributed by atoms with Crippen LogP contribution in [0.3, 0.4) is 0 Å². The maximum atomic E-state index is 12.3. The lowest BCUT2D eigenvalue weighted by atomic mass is 10.1. The van der Waals surface area contributed by atoms with Crippen molar-refractivity contribution in [3.8, 4) is 0 Å². The van der Waals surface area contributed by atoms with Gasteiger partial charge in [-0.2, -0.15) is 5.10 Å². The molecule has 0 saturated carbocycles. The molecule has 1 aliphatic rings. The van der Waals surface area contributed by atoms with Gasteiger partial charge in [0.05, 0.1) is 5.69 Å². The van der Waals surface area contributed by atoms with Gasteiger partial charge in [0.15, 0.2) is 0 Å². The third kappa shape index (κ3) is 3.66. The van der Waals surface area contributed by atoms with Crippen molar-refractivity contribution in [2.45, 2.75) is 46.3 Å². The first kappa shape index (κ1) is 17.7. The summed E-state index contributed by atoms with van der Waals surface area (Å²) in [6.07, 6.45) is 3.92. The zero-order valence-corrected chi connectivity index (χ0v) is 14.2. The highest BCUT2D eigenvalue weighted by atomic mass is 35.5. The Bertz CT molecular complexity index is 536. The van der Waals surface area contributed by atoms with E-state index in [1.54, 1.807) is 4.90 Å². The standard InChI is InChI=1S/C15H24N4O.ClH/c1-10(2)19-12(4)13(11(3)17-19)9-18(5)15(20)14-7-6-8-16-14;/h6-7,10,14,16H,8-9H2,1-5H3;1H. The largest absolute Gasteiger partial charge is 0.340 e. The second-order valence-electron chi connectivity index (χ2n) is 5.70. The van der Waals surface area contributed by atoms with Crippen molar-refractivity contribution < 1.29 is 4.79 Å². The molecule has 0 aliphatic carbocycles. The first-order valence-electron chi connectivity index (χ1n) is 7.11. The van der Waals surface area contributed by atoms with Crippen LogP contribution in [0.2, 0.25) is 0 Å². The summed E-state index contributed by atoms with van der Waals surface area (Å²) in [5, 5.41) is 7.72. The maximum Gasteiger partial charge on any atom is 0.243 e. The first-order chi connectivity index (χ1) is 9.41. The van der Waals surface area contributed by atoms with Crippen LogP contribution in [0.25, 0.3) is 0 Å². The molecule has 2 heterocycles. The number of aromatic nitrogens is 2. The quantitative estimate of drug-likeness (QED) is 0.865. The van der Waals surface area contributed by atoms with Crippen molar-refractivity contribution in [1.29, 1.82) is 0 Å². The van der Waals surface area contributed by atoms with Crippen molar-refractivity contribution in [2.24, 2.45) is 0 Å². The van der Waals surface area contributed by atoms with E-state index in [9.17, 15) is 4.79 Å². The Balaban J connectivity index is 0.00000220. The summed E-state index contributed by atoms with van der Waals surface area (Å²) in [6.45, 7) is 9.69. The fourth-order valence-corrected chi connectivity index (χ4v) is 2.62. The number of amides is 1. The Morgan fingerprint density at radius 1 is 1.52 bits per heavy atom. The molecular weight excluding hydrogens is 288 g/mol. The van der Waals surface area contributed by atoms with Gasteiger partial charge in [-0.15, -0.1) is 12.4 Å². The average molecular weight is 313 g/mol. The Kier molecular flexibility index (Phi) is 5.98. The molecule has 1 aromatic heterocycles. The number of rotatable bonds is 4. The minimum Gasteiger partial charge on any atom is -0.340 e. The van der Waals surface area contributed by atoms with Gasteiger partial charge in [0.25, 0.3) is 0 Å². The van der Waals surface area contributed by atoms with Crippen LogP contribution in [0, 0.1) is 13.8 Å². The molecule has 0 spiro atoms. The normalized spacial score (nSPS) is 17.1. The number of carbonyl (C=O) groups excluding carboxylic acids is 1. The van der Waals surface area contributed by atoms with E-state index in [1.165, 1.54) is 0 Å². The van der Waals surface area contributed by atoms with Gasteiger partial charge < -0.3 is 4.90 Å². The van der Waals surface area contributed by atoms with Crippen LogP contribution in [-0.2, 0) is 11.3 Å². The van der Waals surface area contributed by atoms with E-state index in [0.717, 1.165) is 23.5 Å². The Morgan fingerprint density at radius 3 is 2.67 bits per heavy atom. The average Bonchev–Trinajstić information content (AvgIpc) is 3.01. The summed E-state index contributed by atoms with van der Waals surface area (Å²) < 4.78 is 2.02. The summed E-state index contributed by atoms with van der Waals surface area (Å²) in [5.74, 6) is 0.106. The highest BCUT2D eigenvalue weighted by molar-refractivity contribution is 5.85. The molecule has 1 unspecified atom stereocenters. The summed E-state index contributed by atoms with van der Waals surface area (Å²) >= 11 is 0. The van der Waals surface area contributed by atoms with Gasteiger partial charge in [-0.1, -0.05) is 12.2 Å². The predicted octanol–water partition coefficient (Wildman–Crippen LogP) is 1.99. The van der Waals surface area contributed by atoms with E-state index in [2.05, 4.69) is 31.2 Å². The monoisotopic (exact) mass is 312 g/mol. The van der Waals surface area contributed by atoms with Gasteiger partial charge in [-0.3, -0.25) is 14.8 Å². The van der Waals surface area contributed by atoms with Crippen molar-refractivity contribution in [3.05, 3.63) is 29.1 Å². The molecule has 1 aliphatic heterocycles. The number of hydrogen-bond donors (Lipinski definition) is 1. The molecule has 0 fully saturated rings. The van der Waals surface area contributed by atoms with Crippen LogP contribution in [0.1, 0.15) is 36.8 Å². The second-order valence-corrected chi connectivity index (χ2v) is 5.70. The molecule has 5 nitrogen and oxygen atoms in total. The van der Waals surface area contributed by atoms with Gasteiger partial charge in [0, 0.05) is 37.4 Å². The molecule has 118 valence electrons. The molecule has 21 heavy (non-hydrogen) atoms. The molecule has 0 aromatic carbocycles. The van der Waals surface area contributed by atoms with E-state index < -0.39 is 0 Å². The molecule has 0 saturated heterocycles. The summed E-state index contributed by atoms with van der Waals surface area (Å²) in [4.78, 5) is 14.1. The summed E-state index contributed by atoms with van der Waals surface area (Å²) in [5.41, 5.74) is 3.30. The van der Waals surface area contributed by atoms with Crippen LogP contribution < -0.4 is 5.32 Å². The molecule has 1 atom stereocenters. The van der Waals surface area contributed by atoms with Crippen molar-refractivity contribution in [1.82, 2.24) is 20.0 Å². The Morgan fingerprint density at radius 2 is 2.19 bits per heavy atom. The molecule has 6 heteroatoms. The lowest BCUT2D eigenvalue weighted by Gasteiger charge is -2.21. The van der Waals surface area contributed by atoms with Crippen molar-refractivity contribution in [3.63, 3.8) is 0 Å². The second kappa shape index (κ2) is 7.09. The third-order valence-electron chi connectivity index (χ3n) is 3.79. The first-order valence-corrected chi connectivity index (χ1v) is 7.11. The number of likely N-dealkylation sites (N-methyl/N-ethyl adjacent to an activating group) is 1. The molecule has 2 rings (SSSR count). The molecule has 1 aromatic rings. The zero-order valence-electron chi connectivity index (χ0n) is 13.4. The highest BCUT2D eigenvalue weighted by Crippen LogP contribution is 2.19. The van der Waals surface area contributed by atoms with E-state index in [1.807, 2.05) is 30.8 Å². The summed E-state index contributed by atoms with van der Waals surface area (Å²) in [7, 11) is 1.85. The number of nitrogens with one attached hydrogen (secondary N) is 1. The molecule has 1 N–H and O–H groups in total.